The van der Waals surface area contributed by atoms with Crippen LogP contribution in [0.1, 0.15) is 0 Å². The summed E-state index contributed by atoms with van der Waals surface area (Å²) in [6, 6.07) is 0. The van der Waals surface area contributed by atoms with Gasteiger partial charge in [0, 0.05) is 22.4 Å². The summed E-state index contributed by atoms with van der Waals surface area (Å²) in [6.45, 7) is 0. The van der Waals surface area contributed by atoms with Crippen LogP contribution in [0.15, 0.2) is 0 Å². The fourth-order valence-electron chi connectivity index (χ4n) is 0. The Labute approximate surface area is 73.3 Å². The smallest absolute Gasteiger partial charge is 0.368 e. The molecule has 0 aliphatic rings. The Balaban J connectivity index is -0.0000000800. The molecule has 0 atom stereocenters. The third kappa shape index (κ3) is 95.8. The van der Waals surface area contributed by atoms with Crippen LogP contribution < -0.4 is 0 Å². The fraction of sp³-hybridized carbons (Fsp3) is 0. The molecule has 0 bridgehead atoms. The van der Waals surface area contributed by atoms with Gasteiger partial charge in [-0.2, -0.15) is 0 Å². The van der Waals surface area contributed by atoms with E-state index in [1.165, 1.54) is 0 Å². The van der Waals surface area contributed by atoms with Gasteiger partial charge >= 0.3 is 32.1 Å². The maximum Gasteiger partial charge on any atom is 0.668 e. The molecule has 4 N–H and O–H groups in total. The molecule has 0 rings (SSSR count). The van der Waals surface area contributed by atoms with Gasteiger partial charge in [0.1, 0.15) is 0 Å². The minimum Gasteiger partial charge on any atom is -0.368 e. The van der Waals surface area contributed by atoms with E-state index in [4.69, 9.17) is 19.2 Å². The molecule has 0 saturated carbocycles. The molecule has 0 aliphatic carbocycles. The first-order valence-electron chi connectivity index (χ1n) is 0.894. The molecule has 0 aromatic heterocycles. The van der Waals surface area contributed by atoms with Gasteiger partial charge < -0.3 is 19.2 Å². The Kier molecular flexibility index (Phi) is 12.9. The molecular weight excluding hydrogens is 313 g/mol. The third-order valence-electron chi connectivity index (χ3n) is 0. The average Bonchev–Trinajstić information content (AvgIpc) is 0.722. The summed E-state index contributed by atoms with van der Waals surface area (Å²) in [5, 5.41) is 0. The second-order valence-electron chi connectivity index (χ2n) is 0.600. The van der Waals surface area contributed by atoms with Crippen molar-refractivity contribution in [1.82, 2.24) is 0 Å². The SMILES string of the molecule is O[Si](O)(O)O.[Au].[MgH2]. The van der Waals surface area contributed by atoms with Crippen molar-refractivity contribution in [2.75, 3.05) is 0 Å². The predicted octanol–water partition coefficient (Wildman–Crippen LogP) is -3.53. The Morgan fingerprint density at radius 1 is 0.857 bits per heavy atom. The van der Waals surface area contributed by atoms with Crippen molar-refractivity contribution in [3.8, 4) is 0 Å². The van der Waals surface area contributed by atoms with E-state index in [0.29, 0.717) is 0 Å². The van der Waals surface area contributed by atoms with Gasteiger partial charge in [-0.1, -0.05) is 0 Å². The molecule has 0 aromatic rings. The molecule has 4 nitrogen and oxygen atoms in total. The van der Waals surface area contributed by atoms with Crippen molar-refractivity contribution in [3.63, 3.8) is 0 Å². The number of hydrogen-bond acceptors (Lipinski definition) is 4. The van der Waals surface area contributed by atoms with Gasteiger partial charge in [0.25, 0.3) is 0 Å². The van der Waals surface area contributed by atoms with E-state index in [1.54, 1.807) is 0 Å². The average molecular weight is 319 g/mol. The normalized spacial score (nSPS) is 8.57. The summed E-state index contributed by atoms with van der Waals surface area (Å²) in [5.41, 5.74) is 0. The second-order valence-corrected chi connectivity index (χ2v) is 1.80. The molecule has 47 valence electrons. The molecule has 7 heavy (non-hydrogen) atoms. The van der Waals surface area contributed by atoms with Crippen LogP contribution in [0.3, 0.4) is 0 Å². The third-order valence-corrected chi connectivity index (χ3v) is 0. The molecule has 0 spiro atoms. The van der Waals surface area contributed by atoms with Gasteiger partial charge in [-0.05, 0) is 0 Å². The van der Waals surface area contributed by atoms with Gasteiger partial charge in [-0.15, -0.1) is 0 Å². The Bertz CT molecular complexity index is 27.2. The predicted molar refractivity (Wildman–Crippen MR) is 23.2 cm³/mol. The maximum absolute atomic E-state index is 7.33. The molecule has 7 heteroatoms. The van der Waals surface area contributed by atoms with E-state index in [0.717, 1.165) is 0 Å². The van der Waals surface area contributed by atoms with Crippen LogP contribution in [-0.2, 0) is 22.4 Å². The molecule has 0 amide bonds. The quantitative estimate of drug-likeness (QED) is 0.349. The van der Waals surface area contributed by atoms with Crippen molar-refractivity contribution in [2.45, 2.75) is 0 Å². The monoisotopic (exact) mass is 319 g/mol. The van der Waals surface area contributed by atoms with Crippen molar-refractivity contribution in [3.05, 3.63) is 0 Å². The molecule has 0 heterocycles. The molecule has 0 unspecified atom stereocenters. The van der Waals surface area contributed by atoms with Crippen LogP contribution in [0.4, 0.5) is 0 Å². The largest absolute Gasteiger partial charge is 0.668 e. The summed E-state index contributed by atoms with van der Waals surface area (Å²) in [6.07, 6.45) is 0. The van der Waals surface area contributed by atoms with Crippen molar-refractivity contribution in [1.29, 1.82) is 0 Å². The van der Waals surface area contributed by atoms with E-state index < -0.39 is 9.05 Å². The first-order valence-corrected chi connectivity index (χ1v) is 2.68. The van der Waals surface area contributed by atoms with Crippen LogP contribution in [0.25, 0.3) is 0 Å². The zero-order valence-electron chi connectivity index (χ0n) is 2.59. The van der Waals surface area contributed by atoms with Gasteiger partial charge in [0.15, 0.2) is 0 Å². The first kappa shape index (κ1) is 15.8. The van der Waals surface area contributed by atoms with Gasteiger partial charge in [-0.25, -0.2) is 0 Å². The topological polar surface area (TPSA) is 80.9 Å². The minimum absolute atomic E-state index is 0. The zero-order valence-corrected chi connectivity index (χ0v) is 5.76. The van der Waals surface area contributed by atoms with Crippen LogP contribution in [0.5, 0.6) is 0 Å². The minimum atomic E-state index is -4.61. The Hall–Kier alpha value is 1.56. The van der Waals surface area contributed by atoms with E-state index >= 15 is 0 Å². The number of rotatable bonds is 0. The Morgan fingerprint density at radius 2 is 0.857 bits per heavy atom. The van der Waals surface area contributed by atoms with Crippen LogP contribution >= 0.6 is 0 Å². The van der Waals surface area contributed by atoms with Crippen molar-refractivity contribution < 1.29 is 41.6 Å². The van der Waals surface area contributed by atoms with Crippen LogP contribution in [0.2, 0.25) is 0 Å². The molecule has 0 fully saturated rings. The summed E-state index contributed by atoms with van der Waals surface area (Å²) in [4.78, 5) is 29.3. The van der Waals surface area contributed by atoms with Crippen molar-refractivity contribution >= 4 is 32.1 Å². The van der Waals surface area contributed by atoms with Gasteiger partial charge in [0.05, 0.1) is 0 Å². The van der Waals surface area contributed by atoms with Crippen LogP contribution in [0, 0.1) is 0 Å². The summed E-state index contributed by atoms with van der Waals surface area (Å²) < 4.78 is 0. The zero-order chi connectivity index (χ0) is 4.50. The van der Waals surface area contributed by atoms with Gasteiger partial charge in [-0.3, -0.25) is 0 Å². The van der Waals surface area contributed by atoms with E-state index in [9.17, 15) is 0 Å². The molecule has 0 saturated heterocycles. The van der Waals surface area contributed by atoms with E-state index in [2.05, 4.69) is 0 Å². The van der Waals surface area contributed by atoms with E-state index in [1.807, 2.05) is 0 Å². The molecule has 0 aromatic carbocycles. The van der Waals surface area contributed by atoms with Gasteiger partial charge in [0.2, 0.25) is 0 Å². The van der Waals surface area contributed by atoms with Crippen molar-refractivity contribution in [2.24, 2.45) is 0 Å². The van der Waals surface area contributed by atoms with Crippen LogP contribution in [-0.4, -0.2) is 51.3 Å². The maximum atomic E-state index is 7.33. The summed E-state index contributed by atoms with van der Waals surface area (Å²) in [7, 11) is -4.61. The second kappa shape index (κ2) is 5.70. The molecular formula is H6AuMgO4Si. The first-order chi connectivity index (χ1) is 2.00. The summed E-state index contributed by atoms with van der Waals surface area (Å²) in [5.74, 6) is 0. The Morgan fingerprint density at radius 3 is 0.857 bits per heavy atom. The fourth-order valence-corrected chi connectivity index (χ4v) is 0. The molecule has 1 radical (unpaired) electrons. The number of hydrogen-bond donors (Lipinski definition) is 4. The van der Waals surface area contributed by atoms with E-state index in [-0.39, 0.29) is 45.4 Å². The molecule has 0 aliphatic heterocycles. The summed E-state index contributed by atoms with van der Waals surface area (Å²) >= 11 is 0. The standard InChI is InChI=1S/Au.Mg.H4O4Si.2H/c;;1-5(2,3)4;;/h;;1-4H;;.